The van der Waals surface area contributed by atoms with Gasteiger partial charge in [0.25, 0.3) is 0 Å². The molecule has 0 amide bonds. The molecule has 2 rings (SSSR count). The molecule has 0 spiro atoms. The summed E-state index contributed by atoms with van der Waals surface area (Å²) in [5, 5.41) is 3.02. The van der Waals surface area contributed by atoms with Gasteiger partial charge in [0, 0.05) is 19.2 Å². The standard InChI is InChI=1S/C13H17BrF2N2O2S.ClH/c1-17-7-9-3-2-4-18(8-9)21(19,20)13-5-10(14)11(15)6-12(13)16;/h5-6,9,17H,2-4,7-8H2,1H3;1H. The average Bonchev–Trinajstić information content (AvgIpc) is 2.43. The fourth-order valence-corrected chi connectivity index (χ4v) is 4.66. The van der Waals surface area contributed by atoms with Crippen LogP contribution in [-0.4, -0.2) is 39.4 Å². The van der Waals surface area contributed by atoms with Gasteiger partial charge < -0.3 is 5.32 Å². The molecule has 1 aliphatic rings. The van der Waals surface area contributed by atoms with Crippen molar-refractivity contribution in [3.05, 3.63) is 28.2 Å². The molecule has 22 heavy (non-hydrogen) atoms. The van der Waals surface area contributed by atoms with Gasteiger partial charge in [0.1, 0.15) is 16.5 Å². The first-order valence-electron chi connectivity index (χ1n) is 6.65. The number of benzene rings is 1. The van der Waals surface area contributed by atoms with Crippen molar-refractivity contribution in [2.75, 3.05) is 26.7 Å². The molecule has 126 valence electrons. The molecule has 9 heteroatoms. The summed E-state index contributed by atoms with van der Waals surface area (Å²) in [6.45, 7) is 1.41. The fourth-order valence-electron chi connectivity index (χ4n) is 2.54. The summed E-state index contributed by atoms with van der Waals surface area (Å²) in [6.07, 6.45) is 1.66. The van der Waals surface area contributed by atoms with Crippen LogP contribution in [0, 0.1) is 17.6 Å². The minimum Gasteiger partial charge on any atom is -0.319 e. The molecule has 0 radical (unpaired) electrons. The second-order valence-electron chi connectivity index (χ2n) is 5.13. The second-order valence-corrected chi connectivity index (χ2v) is 7.89. The molecular formula is C13H18BrClF2N2O2S. The Bertz CT molecular complexity index is 629. The Morgan fingerprint density at radius 1 is 1.36 bits per heavy atom. The molecule has 1 aromatic rings. The van der Waals surface area contributed by atoms with Crippen LogP contribution in [0.3, 0.4) is 0 Å². The normalized spacial score (nSPS) is 19.7. The van der Waals surface area contributed by atoms with E-state index in [9.17, 15) is 17.2 Å². The summed E-state index contributed by atoms with van der Waals surface area (Å²) in [7, 11) is -2.14. The van der Waals surface area contributed by atoms with Crippen molar-refractivity contribution < 1.29 is 17.2 Å². The van der Waals surface area contributed by atoms with Gasteiger partial charge >= 0.3 is 0 Å². The van der Waals surface area contributed by atoms with Crippen LogP contribution in [0.1, 0.15) is 12.8 Å². The zero-order valence-corrected chi connectivity index (χ0v) is 15.2. The van der Waals surface area contributed by atoms with Crippen molar-refractivity contribution in [1.29, 1.82) is 0 Å². The maximum absolute atomic E-state index is 13.8. The molecule has 1 unspecified atom stereocenters. The van der Waals surface area contributed by atoms with Gasteiger partial charge in [-0.05, 0) is 54.3 Å². The first kappa shape index (κ1) is 19.8. The Morgan fingerprint density at radius 3 is 2.68 bits per heavy atom. The van der Waals surface area contributed by atoms with Gasteiger partial charge in [-0.3, -0.25) is 0 Å². The first-order chi connectivity index (χ1) is 9.86. The molecule has 1 aliphatic heterocycles. The van der Waals surface area contributed by atoms with Gasteiger partial charge in [0.05, 0.1) is 4.47 Å². The third-order valence-electron chi connectivity index (χ3n) is 3.57. The lowest BCUT2D eigenvalue weighted by Gasteiger charge is -2.32. The smallest absolute Gasteiger partial charge is 0.246 e. The van der Waals surface area contributed by atoms with Crippen LogP contribution in [0.5, 0.6) is 0 Å². The zero-order valence-electron chi connectivity index (χ0n) is 12.0. The highest BCUT2D eigenvalue weighted by molar-refractivity contribution is 9.10. The zero-order chi connectivity index (χ0) is 15.6. The highest BCUT2D eigenvalue weighted by atomic mass is 79.9. The van der Waals surface area contributed by atoms with E-state index in [1.54, 1.807) is 0 Å². The second kappa shape index (κ2) is 8.01. The topological polar surface area (TPSA) is 49.4 Å². The third kappa shape index (κ3) is 4.17. The number of hydrogen-bond donors (Lipinski definition) is 1. The number of halogens is 4. The van der Waals surface area contributed by atoms with Gasteiger partial charge in [-0.1, -0.05) is 0 Å². The lowest BCUT2D eigenvalue weighted by Crippen LogP contribution is -2.42. The van der Waals surface area contributed by atoms with Crippen LogP contribution in [-0.2, 0) is 10.0 Å². The minimum atomic E-state index is -3.95. The molecule has 0 aliphatic carbocycles. The molecule has 1 fully saturated rings. The van der Waals surface area contributed by atoms with Crippen LogP contribution in [0.25, 0.3) is 0 Å². The van der Waals surface area contributed by atoms with Crippen LogP contribution < -0.4 is 5.32 Å². The van der Waals surface area contributed by atoms with E-state index in [1.807, 2.05) is 7.05 Å². The van der Waals surface area contributed by atoms with Crippen LogP contribution >= 0.6 is 28.3 Å². The van der Waals surface area contributed by atoms with Crippen molar-refractivity contribution in [1.82, 2.24) is 9.62 Å². The number of rotatable bonds is 4. The molecule has 4 nitrogen and oxygen atoms in total. The van der Waals surface area contributed by atoms with E-state index in [-0.39, 0.29) is 22.8 Å². The molecule has 1 saturated heterocycles. The van der Waals surface area contributed by atoms with Crippen molar-refractivity contribution in [3.63, 3.8) is 0 Å². The van der Waals surface area contributed by atoms with E-state index >= 15 is 0 Å². The quantitative estimate of drug-likeness (QED) is 0.764. The summed E-state index contributed by atoms with van der Waals surface area (Å²) >= 11 is 2.90. The SMILES string of the molecule is CNCC1CCCN(S(=O)(=O)c2cc(Br)c(F)cc2F)C1.Cl. The number of hydrogen-bond acceptors (Lipinski definition) is 3. The maximum atomic E-state index is 13.8. The number of nitrogens with one attached hydrogen (secondary N) is 1. The summed E-state index contributed by atoms with van der Waals surface area (Å²) in [5.74, 6) is -1.69. The molecule has 1 heterocycles. The van der Waals surface area contributed by atoms with Gasteiger partial charge in [-0.2, -0.15) is 4.31 Å². The highest BCUT2D eigenvalue weighted by Crippen LogP contribution is 2.28. The highest BCUT2D eigenvalue weighted by Gasteiger charge is 2.32. The number of sulfonamides is 1. The Hall–Kier alpha value is -0.280. The monoisotopic (exact) mass is 418 g/mol. The predicted octanol–water partition coefficient (Wildman–Crippen LogP) is 2.77. The minimum absolute atomic E-state index is 0. The Morgan fingerprint density at radius 2 is 2.05 bits per heavy atom. The molecule has 1 N–H and O–H groups in total. The number of piperidine rings is 1. The predicted molar refractivity (Wildman–Crippen MR) is 86.7 cm³/mol. The summed E-state index contributed by atoms with van der Waals surface area (Å²) in [4.78, 5) is -0.485. The molecule has 0 saturated carbocycles. The van der Waals surface area contributed by atoms with Crippen molar-refractivity contribution in [2.45, 2.75) is 17.7 Å². The van der Waals surface area contributed by atoms with E-state index in [0.29, 0.717) is 25.7 Å². The van der Waals surface area contributed by atoms with Gasteiger partial charge in [-0.15, -0.1) is 12.4 Å². The summed E-state index contributed by atoms with van der Waals surface area (Å²) in [5.41, 5.74) is 0. The molecule has 1 atom stereocenters. The maximum Gasteiger partial charge on any atom is 0.246 e. The van der Waals surface area contributed by atoms with Crippen molar-refractivity contribution in [3.8, 4) is 0 Å². The summed E-state index contributed by atoms with van der Waals surface area (Å²) in [6, 6.07) is 1.58. The Kier molecular flexibility index (Phi) is 7.20. The van der Waals surface area contributed by atoms with Crippen LogP contribution in [0.15, 0.2) is 21.5 Å². The molecule has 1 aromatic carbocycles. The van der Waals surface area contributed by atoms with E-state index in [4.69, 9.17) is 0 Å². The third-order valence-corrected chi connectivity index (χ3v) is 6.06. The first-order valence-corrected chi connectivity index (χ1v) is 8.89. The van der Waals surface area contributed by atoms with E-state index < -0.39 is 26.6 Å². The van der Waals surface area contributed by atoms with Crippen LogP contribution in [0.2, 0.25) is 0 Å². The molecule has 0 aromatic heterocycles. The Labute approximate surface area is 143 Å². The van der Waals surface area contributed by atoms with Gasteiger partial charge in [-0.25, -0.2) is 17.2 Å². The van der Waals surface area contributed by atoms with E-state index in [1.165, 1.54) is 4.31 Å². The average molecular weight is 420 g/mol. The lowest BCUT2D eigenvalue weighted by molar-refractivity contribution is 0.262. The van der Waals surface area contributed by atoms with Gasteiger partial charge in [0.2, 0.25) is 10.0 Å². The van der Waals surface area contributed by atoms with E-state index in [0.717, 1.165) is 18.9 Å². The van der Waals surface area contributed by atoms with Crippen LogP contribution in [0.4, 0.5) is 8.78 Å². The fraction of sp³-hybridized carbons (Fsp3) is 0.538. The van der Waals surface area contributed by atoms with Gasteiger partial charge in [0.15, 0.2) is 0 Å². The van der Waals surface area contributed by atoms with Crippen molar-refractivity contribution in [2.24, 2.45) is 5.92 Å². The van der Waals surface area contributed by atoms with E-state index in [2.05, 4.69) is 21.2 Å². The lowest BCUT2D eigenvalue weighted by atomic mass is 10.00. The largest absolute Gasteiger partial charge is 0.319 e. The Balaban J connectivity index is 0.00000242. The van der Waals surface area contributed by atoms with Crippen molar-refractivity contribution >= 4 is 38.4 Å². The molecule has 0 bridgehead atoms. The number of nitrogens with zero attached hydrogens (tertiary/aromatic N) is 1. The summed E-state index contributed by atoms with van der Waals surface area (Å²) < 4.78 is 53.4. The molecular weight excluding hydrogens is 402 g/mol.